The molecule has 1 aromatic heterocycles. The molecule has 0 atom stereocenters. The van der Waals surface area contributed by atoms with E-state index in [1.165, 1.54) is 5.56 Å². The maximum absolute atomic E-state index is 13.2. The number of carbonyl (C=O) groups excluding carboxylic acids is 1. The van der Waals surface area contributed by atoms with E-state index in [-0.39, 0.29) is 11.3 Å². The summed E-state index contributed by atoms with van der Waals surface area (Å²) in [5.74, 6) is 1.38. The summed E-state index contributed by atoms with van der Waals surface area (Å²) in [4.78, 5) is 13.2. The van der Waals surface area contributed by atoms with Crippen LogP contribution in [0.15, 0.2) is 48.5 Å². The van der Waals surface area contributed by atoms with Gasteiger partial charge in [-0.05, 0) is 49.6 Å². The Morgan fingerprint density at radius 1 is 1.09 bits per heavy atom. The first-order valence-electron chi connectivity index (χ1n) is 11.1. The number of carbonyl (C=O) groups is 1. The SMILES string of the molecule is Cc1nn(-c2ccccc2)c(Cl)c1C(=O)NCC1(c2ccc3c(c2)OCCO3)CCCC1. The Bertz CT molecular complexity index is 1140. The number of halogens is 1. The van der Waals surface area contributed by atoms with Crippen molar-refractivity contribution in [2.75, 3.05) is 19.8 Å². The summed E-state index contributed by atoms with van der Waals surface area (Å²) in [5, 5.41) is 7.98. The molecule has 1 fully saturated rings. The number of hydrogen-bond acceptors (Lipinski definition) is 4. The van der Waals surface area contributed by atoms with Gasteiger partial charge in [-0.2, -0.15) is 5.10 Å². The van der Waals surface area contributed by atoms with E-state index in [1.807, 2.05) is 43.3 Å². The zero-order valence-corrected chi connectivity index (χ0v) is 18.8. The van der Waals surface area contributed by atoms with Crippen molar-refractivity contribution in [2.24, 2.45) is 0 Å². The van der Waals surface area contributed by atoms with E-state index in [2.05, 4.69) is 22.5 Å². The molecule has 5 rings (SSSR count). The zero-order valence-electron chi connectivity index (χ0n) is 18.1. The van der Waals surface area contributed by atoms with Gasteiger partial charge >= 0.3 is 0 Å². The number of benzene rings is 2. The Balaban J connectivity index is 1.38. The van der Waals surface area contributed by atoms with E-state index in [1.54, 1.807) is 4.68 Å². The number of ether oxygens (including phenoxy) is 2. The number of hydrogen-bond donors (Lipinski definition) is 1. The topological polar surface area (TPSA) is 65.4 Å². The van der Waals surface area contributed by atoms with Crippen LogP contribution in [0.3, 0.4) is 0 Å². The Hall–Kier alpha value is -2.99. The lowest BCUT2D eigenvalue weighted by atomic mass is 9.78. The molecule has 32 heavy (non-hydrogen) atoms. The fourth-order valence-corrected chi connectivity index (χ4v) is 5.19. The van der Waals surface area contributed by atoms with Crippen molar-refractivity contribution in [3.63, 3.8) is 0 Å². The van der Waals surface area contributed by atoms with Crippen LogP contribution in [-0.2, 0) is 5.41 Å². The van der Waals surface area contributed by atoms with Crippen LogP contribution in [0.25, 0.3) is 5.69 Å². The second-order valence-corrected chi connectivity index (χ2v) is 8.89. The van der Waals surface area contributed by atoms with E-state index in [4.69, 9.17) is 21.1 Å². The molecule has 1 amide bonds. The first-order valence-corrected chi connectivity index (χ1v) is 11.4. The molecule has 1 N–H and O–H groups in total. The van der Waals surface area contributed by atoms with Crippen molar-refractivity contribution >= 4 is 17.5 Å². The molecule has 1 saturated carbocycles. The van der Waals surface area contributed by atoms with Gasteiger partial charge in [0.15, 0.2) is 11.5 Å². The van der Waals surface area contributed by atoms with Crippen LogP contribution < -0.4 is 14.8 Å². The minimum absolute atomic E-state index is 0.124. The second-order valence-electron chi connectivity index (χ2n) is 8.53. The van der Waals surface area contributed by atoms with Gasteiger partial charge in [0.25, 0.3) is 5.91 Å². The maximum atomic E-state index is 13.2. The highest BCUT2D eigenvalue weighted by molar-refractivity contribution is 6.33. The Labute approximate surface area is 192 Å². The van der Waals surface area contributed by atoms with E-state index in [9.17, 15) is 4.79 Å². The molecule has 3 aromatic rings. The van der Waals surface area contributed by atoms with Gasteiger partial charge < -0.3 is 14.8 Å². The minimum Gasteiger partial charge on any atom is -0.486 e. The third kappa shape index (κ3) is 3.73. The summed E-state index contributed by atoms with van der Waals surface area (Å²) in [6.07, 6.45) is 4.30. The monoisotopic (exact) mass is 451 g/mol. The lowest BCUT2D eigenvalue weighted by Gasteiger charge is -2.31. The van der Waals surface area contributed by atoms with Crippen LogP contribution in [0, 0.1) is 6.92 Å². The van der Waals surface area contributed by atoms with Crippen LogP contribution in [-0.4, -0.2) is 35.4 Å². The smallest absolute Gasteiger partial charge is 0.256 e. The van der Waals surface area contributed by atoms with Gasteiger partial charge in [0, 0.05) is 12.0 Å². The lowest BCUT2D eigenvalue weighted by molar-refractivity contribution is 0.0942. The maximum Gasteiger partial charge on any atom is 0.256 e. The third-order valence-corrected chi connectivity index (χ3v) is 6.88. The molecule has 6 nitrogen and oxygen atoms in total. The highest BCUT2D eigenvalue weighted by atomic mass is 35.5. The summed E-state index contributed by atoms with van der Waals surface area (Å²) in [5.41, 5.74) is 2.91. The Morgan fingerprint density at radius 2 is 1.81 bits per heavy atom. The second kappa shape index (κ2) is 8.51. The van der Waals surface area contributed by atoms with E-state index < -0.39 is 0 Å². The number of rotatable bonds is 5. The number of nitrogens with one attached hydrogen (secondary N) is 1. The lowest BCUT2D eigenvalue weighted by Crippen LogP contribution is -2.39. The predicted octanol–water partition coefficient (Wildman–Crippen LogP) is 4.85. The van der Waals surface area contributed by atoms with Crippen molar-refractivity contribution in [3.05, 3.63) is 70.5 Å². The number of para-hydroxylation sites is 1. The molecular formula is C25H26ClN3O3. The minimum atomic E-state index is -0.196. The van der Waals surface area contributed by atoms with Gasteiger partial charge in [0.2, 0.25) is 0 Å². The standard InChI is InChI=1S/C25H26ClN3O3/c1-17-22(23(26)29(28-17)19-7-3-2-4-8-19)24(30)27-16-25(11-5-6-12-25)18-9-10-20-21(15-18)32-14-13-31-20/h2-4,7-10,15H,5-6,11-14,16H2,1H3,(H,27,30). The quantitative estimate of drug-likeness (QED) is 0.602. The molecule has 1 aliphatic carbocycles. The van der Waals surface area contributed by atoms with Crippen LogP contribution >= 0.6 is 11.6 Å². The van der Waals surface area contributed by atoms with Gasteiger partial charge in [0.1, 0.15) is 18.4 Å². The van der Waals surface area contributed by atoms with E-state index >= 15 is 0 Å². The largest absolute Gasteiger partial charge is 0.486 e. The average molecular weight is 452 g/mol. The number of amides is 1. The highest BCUT2D eigenvalue weighted by Gasteiger charge is 2.37. The molecule has 2 heterocycles. The molecule has 166 valence electrons. The summed E-state index contributed by atoms with van der Waals surface area (Å²) in [6.45, 7) is 3.48. The summed E-state index contributed by atoms with van der Waals surface area (Å²) >= 11 is 6.59. The van der Waals surface area contributed by atoms with E-state index in [0.29, 0.717) is 36.2 Å². The molecule has 0 saturated heterocycles. The number of fused-ring (bicyclic) bond motifs is 1. The molecule has 2 aliphatic rings. The van der Waals surface area contributed by atoms with Crippen molar-refractivity contribution in [1.82, 2.24) is 15.1 Å². The molecule has 0 radical (unpaired) electrons. The normalized spacial score (nSPS) is 16.7. The molecular weight excluding hydrogens is 426 g/mol. The molecule has 0 spiro atoms. The molecule has 1 aliphatic heterocycles. The summed E-state index contributed by atoms with van der Waals surface area (Å²) in [6, 6.07) is 15.8. The summed E-state index contributed by atoms with van der Waals surface area (Å²) < 4.78 is 13.1. The van der Waals surface area contributed by atoms with Crippen LogP contribution in [0.4, 0.5) is 0 Å². The molecule has 0 unspecified atom stereocenters. The van der Waals surface area contributed by atoms with Gasteiger partial charge in [-0.1, -0.05) is 48.7 Å². The zero-order chi connectivity index (χ0) is 22.1. The Kier molecular flexibility index (Phi) is 5.55. The fourth-order valence-electron chi connectivity index (χ4n) is 4.83. The van der Waals surface area contributed by atoms with Crippen LogP contribution in [0.1, 0.15) is 47.3 Å². The molecule has 7 heteroatoms. The first kappa shape index (κ1) is 20.9. The van der Waals surface area contributed by atoms with Crippen molar-refractivity contribution in [3.8, 4) is 17.2 Å². The first-order chi connectivity index (χ1) is 15.6. The van der Waals surface area contributed by atoms with Gasteiger partial charge in [0.05, 0.1) is 16.9 Å². The highest BCUT2D eigenvalue weighted by Crippen LogP contribution is 2.44. The van der Waals surface area contributed by atoms with Crippen LogP contribution in [0.2, 0.25) is 5.15 Å². The molecule has 2 aromatic carbocycles. The predicted molar refractivity (Wildman–Crippen MR) is 123 cm³/mol. The van der Waals surface area contributed by atoms with E-state index in [0.717, 1.165) is 42.9 Å². The number of nitrogens with zero attached hydrogens (tertiary/aromatic N) is 2. The Morgan fingerprint density at radius 3 is 2.56 bits per heavy atom. The van der Waals surface area contributed by atoms with Crippen molar-refractivity contribution < 1.29 is 14.3 Å². The third-order valence-electron chi connectivity index (χ3n) is 6.53. The van der Waals surface area contributed by atoms with Crippen molar-refractivity contribution in [2.45, 2.75) is 38.0 Å². The molecule has 0 bridgehead atoms. The van der Waals surface area contributed by atoms with Gasteiger partial charge in [-0.3, -0.25) is 4.79 Å². The van der Waals surface area contributed by atoms with Crippen molar-refractivity contribution in [1.29, 1.82) is 0 Å². The van der Waals surface area contributed by atoms with Gasteiger partial charge in [-0.15, -0.1) is 0 Å². The fraction of sp³-hybridized carbons (Fsp3) is 0.360. The average Bonchev–Trinajstić information content (AvgIpc) is 3.43. The summed E-state index contributed by atoms with van der Waals surface area (Å²) in [7, 11) is 0. The van der Waals surface area contributed by atoms with Crippen LogP contribution in [0.5, 0.6) is 11.5 Å². The number of aryl methyl sites for hydroxylation is 1. The van der Waals surface area contributed by atoms with Gasteiger partial charge in [-0.25, -0.2) is 4.68 Å². The number of aromatic nitrogens is 2.